The molecule has 0 aliphatic carbocycles. The minimum Gasteiger partial charge on any atom is -0.497 e. The van der Waals surface area contributed by atoms with Gasteiger partial charge in [-0.1, -0.05) is 18.2 Å². The number of aryl methyl sites for hydroxylation is 1. The summed E-state index contributed by atoms with van der Waals surface area (Å²) in [5, 5.41) is 4.12. The molecule has 3 rings (SSSR count). The maximum Gasteiger partial charge on any atom is 0.257 e. The van der Waals surface area contributed by atoms with Gasteiger partial charge in [0.25, 0.3) is 5.91 Å². The monoisotopic (exact) mass is 338 g/mol. The van der Waals surface area contributed by atoms with E-state index in [-0.39, 0.29) is 12.5 Å². The number of nitrogens with zero attached hydrogens (tertiary/aromatic N) is 1. The number of para-hydroxylation sites is 1. The van der Waals surface area contributed by atoms with Crippen LogP contribution in [0, 0.1) is 0 Å². The first-order valence-corrected chi connectivity index (χ1v) is 8.34. The summed E-state index contributed by atoms with van der Waals surface area (Å²) in [6.07, 6.45) is 2.95. The summed E-state index contributed by atoms with van der Waals surface area (Å²) in [5.74, 6) is 1.29. The minimum atomic E-state index is -0.117. The smallest absolute Gasteiger partial charge is 0.257 e. The van der Waals surface area contributed by atoms with Gasteiger partial charge in [0.15, 0.2) is 6.61 Å². The molecule has 5 nitrogen and oxygen atoms in total. The quantitative estimate of drug-likeness (QED) is 0.642. The van der Waals surface area contributed by atoms with Crippen LogP contribution in [0.3, 0.4) is 0 Å². The Labute approximate surface area is 147 Å². The molecule has 130 valence electrons. The summed E-state index contributed by atoms with van der Waals surface area (Å²) in [5.41, 5.74) is 1.22. The number of nitrogens with one attached hydrogen (secondary N) is 1. The molecule has 5 heteroatoms. The van der Waals surface area contributed by atoms with Crippen LogP contribution in [0.25, 0.3) is 10.9 Å². The summed E-state index contributed by atoms with van der Waals surface area (Å²) in [7, 11) is 1.61. The van der Waals surface area contributed by atoms with Crippen molar-refractivity contribution in [3.63, 3.8) is 0 Å². The fraction of sp³-hybridized carbons (Fsp3) is 0.250. The first kappa shape index (κ1) is 16.9. The normalized spacial score (nSPS) is 10.6. The summed E-state index contributed by atoms with van der Waals surface area (Å²) in [6.45, 7) is 1.50. The Hall–Kier alpha value is -2.95. The lowest BCUT2D eigenvalue weighted by atomic mass is 10.2. The fourth-order valence-electron chi connectivity index (χ4n) is 2.68. The van der Waals surface area contributed by atoms with Crippen molar-refractivity contribution in [3.8, 4) is 11.5 Å². The Morgan fingerprint density at radius 1 is 1.04 bits per heavy atom. The van der Waals surface area contributed by atoms with Crippen molar-refractivity contribution in [2.45, 2.75) is 13.0 Å². The van der Waals surface area contributed by atoms with Gasteiger partial charge < -0.3 is 19.4 Å². The van der Waals surface area contributed by atoms with Gasteiger partial charge in [0.1, 0.15) is 11.5 Å². The predicted molar refractivity (Wildman–Crippen MR) is 98.1 cm³/mol. The molecule has 3 aromatic rings. The highest BCUT2D eigenvalue weighted by Gasteiger charge is 2.04. The average molecular weight is 338 g/mol. The number of ether oxygens (including phenoxy) is 2. The van der Waals surface area contributed by atoms with E-state index < -0.39 is 0 Å². The fourth-order valence-corrected chi connectivity index (χ4v) is 2.68. The van der Waals surface area contributed by atoms with Crippen molar-refractivity contribution in [2.75, 3.05) is 20.3 Å². The Balaban J connectivity index is 1.37. The molecule has 0 radical (unpaired) electrons. The van der Waals surface area contributed by atoms with E-state index in [0.717, 1.165) is 18.7 Å². The molecule has 1 N–H and O–H groups in total. The van der Waals surface area contributed by atoms with Crippen LogP contribution in [0.1, 0.15) is 6.42 Å². The molecule has 0 saturated heterocycles. The second-order valence-corrected chi connectivity index (χ2v) is 5.74. The predicted octanol–water partition coefficient (Wildman–Crippen LogP) is 3.24. The Morgan fingerprint density at radius 2 is 1.80 bits per heavy atom. The van der Waals surface area contributed by atoms with Crippen molar-refractivity contribution < 1.29 is 14.3 Å². The summed E-state index contributed by atoms with van der Waals surface area (Å²) in [6, 6.07) is 17.6. The number of benzene rings is 2. The molecule has 0 fully saturated rings. The van der Waals surface area contributed by atoms with Crippen LogP contribution < -0.4 is 14.8 Å². The van der Waals surface area contributed by atoms with E-state index in [4.69, 9.17) is 9.47 Å². The van der Waals surface area contributed by atoms with Gasteiger partial charge in [-0.05, 0) is 48.2 Å². The van der Waals surface area contributed by atoms with Gasteiger partial charge in [0.2, 0.25) is 0 Å². The summed E-state index contributed by atoms with van der Waals surface area (Å²) >= 11 is 0. The maximum absolute atomic E-state index is 11.8. The molecule has 0 spiro atoms. The van der Waals surface area contributed by atoms with E-state index in [0.29, 0.717) is 12.3 Å². The van der Waals surface area contributed by atoms with Crippen molar-refractivity contribution in [1.29, 1.82) is 0 Å². The lowest BCUT2D eigenvalue weighted by molar-refractivity contribution is -0.123. The van der Waals surface area contributed by atoms with Gasteiger partial charge in [-0.2, -0.15) is 0 Å². The topological polar surface area (TPSA) is 52.5 Å². The minimum absolute atomic E-state index is 0.0127. The van der Waals surface area contributed by atoms with Crippen LogP contribution in [-0.4, -0.2) is 30.7 Å². The maximum atomic E-state index is 11.8. The molecule has 0 unspecified atom stereocenters. The molecule has 0 aliphatic rings. The third kappa shape index (κ3) is 4.53. The van der Waals surface area contributed by atoms with Crippen LogP contribution in [0.2, 0.25) is 0 Å². The number of carbonyl (C=O) groups excluding carboxylic acids is 1. The van der Waals surface area contributed by atoms with E-state index >= 15 is 0 Å². The van der Waals surface area contributed by atoms with Crippen LogP contribution in [-0.2, 0) is 11.3 Å². The molecular formula is C20H22N2O3. The highest BCUT2D eigenvalue weighted by atomic mass is 16.5. The number of rotatable bonds is 8. The average Bonchev–Trinajstić information content (AvgIpc) is 3.07. The molecule has 1 heterocycles. The number of fused-ring (bicyclic) bond motifs is 1. The molecule has 1 aromatic heterocycles. The highest BCUT2D eigenvalue weighted by molar-refractivity contribution is 5.80. The number of methoxy groups -OCH3 is 1. The number of aromatic nitrogens is 1. The Morgan fingerprint density at radius 3 is 2.60 bits per heavy atom. The van der Waals surface area contributed by atoms with Crippen molar-refractivity contribution in [1.82, 2.24) is 9.88 Å². The van der Waals surface area contributed by atoms with Crippen LogP contribution in [0.15, 0.2) is 60.8 Å². The van der Waals surface area contributed by atoms with Gasteiger partial charge in [0, 0.05) is 24.8 Å². The highest BCUT2D eigenvalue weighted by Crippen LogP contribution is 2.17. The number of hydrogen-bond acceptors (Lipinski definition) is 3. The summed E-state index contributed by atoms with van der Waals surface area (Å²) < 4.78 is 12.7. The molecule has 2 aromatic carbocycles. The third-order valence-corrected chi connectivity index (χ3v) is 4.01. The van der Waals surface area contributed by atoms with Crippen molar-refractivity contribution in [3.05, 3.63) is 60.8 Å². The zero-order chi connectivity index (χ0) is 17.5. The molecule has 0 atom stereocenters. The van der Waals surface area contributed by atoms with Gasteiger partial charge >= 0.3 is 0 Å². The molecule has 0 saturated carbocycles. The zero-order valence-electron chi connectivity index (χ0n) is 14.3. The summed E-state index contributed by atoms with van der Waals surface area (Å²) in [4.78, 5) is 11.8. The third-order valence-electron chi connectivity index (χ3n) is 4.01. The lowest BCUT2D eigenvalue weighted by Crippen LogP contribution is -2.30. The van der Waals surface area contributed by atoms with Crippen LogP contribution in [0.4, 0.5) is 0 Å². The Kier molecular flexibility index (Phi) is 5.57. The van der Waals surface area contributed by atoms with Crippen molar-refractivity contribution in [2.24, 2.45) is 0 Å². The second-order valence-electron chi connectivity index (χ2n) is 5.74. The molecule has 0 aliphatic heterocycles. The van der Waals surface area contributed by atoms with E-state index in [1.807, 2.05) is 12.1 Å². The van der Waals surface area contributed by atoms with E-state index in [9.17, 15) is 4.79 Å². The number of amides is 1. The van der Waals surface area contributed by atoms with Gasteiger partial charge in [-0.15, -0.1) is 0 Å². The van der Waals surface area contributed by atoms with Crippen LogP contribution >= 0.6 is 0 Å². The number of carbonyl (C=O) groups is 1. The zero-order valence-corrected chi connectivity index (χ0v) is 14.3. The van der Waals surface area contributed by atoms with Gasteiger partial charge in [-0.25, -0.2) is 0 Å². The van der Waals surface area contributed by atoms with Gasteiger partial charge in [0.05, 0.1) is 7.11 Å². The second kappa shape index (κ2) is 8.24. The SMILES string of the molecule is COc1ccc(OCC(=O)NCCCn2ccc3ccccc32)cc1. The largest absolute Gasteiger partial charge is 0.497 e. The standard InChI is InChI=1S/C20H22N2O3/c1-24-17-7-9-18(10-8-17)25-15-20(23)21-12-4-13-22-14-11-16-5-2-3-6-19(16)22/h2-3,5-11,14H,4,12-13,15H2,1H3,(H,21,23). The van der Waals surface area contributed by atoms with E-state index in [2.05, 4.69) is 34.3 Å². The Bertz CT molecular complexity index is 824. The van der Waals surface area contributed by atoms with E-state index in [1.165, 1.54) is 10.9 Å². The van der Waals surface area contributed by atoms with Crippen LogP contribution in [0.5, 0.6) is 11.5 Å². The molecule has 0 bridgehead atoms. The molecule has 1 amide bonds. The van der Waals surface area contributed by atoms with Gasteiger partial charge in [-0.3, -0.25) is 4.79 Å². The first-order valence-electron chi connectivity index (χ1n) is 8.34. The molecule has 25 heavy (non-hydrogen) atoms. The van der Waals surface area contributed by atoms with E-state index in [1.54, 1.807) is 31.4 Å². The lowest BCUT2D eigenvalue weighted by Gasteiger charge is -2.09. The first-order chi connectivity index (χ1) is 12.3. The van der Waals surface area contributed by atoms with Crippen molar-refractivity contribution >= 4 is 16.8 Å². The molecular weight excluding hydrogens is 316 g/mol. The number of hydrogen-bond donors (Lipinski definition) is 1.